The quantitative estimate of drug-likeness (QED) is 0.0342. The van der Waals surface area contributed by atoms with Crippen LogP contribution in [0.15, 0.2) is 0 Å². The summed E-state index contributed by atoms with van der Waals surface area (Å²) in [6.45, 7) is 24.5. The molecule has 0 amide bonds. The van der Waals surface area contributed by atoms with Crippen molar-refractivity contribution >= 4 is 17.9 Å². The molecule has 354 valence electrons. The van der Waals surface area contributed by atoms with E-state index in [-0.39, 0.29) is 24.0 Å². The fourth-order valence-corrected chi connectivity index (χ4v) is 8.38. The minimum absolute atomic E-state index is 0.0105. The molecule has 0 N–H and O–H groups in total. The average molecular weight is 849 g/mol. The van der Waals surface area contributed by atoms with E-state index in [4.69, 9.17) is 14.2 Å². The molecule has 8 heteroatoms. The average Bonchev–Trinajstić information content (AvgIpc) is 3.71. The van der Waals surface area contributed by atoms with Gasteiger partial charge in [0.15, 0.2) is 0 Å². The lowest BCUT2D eigenvalue weighted by Gasteiger charge is -2.21. The lowest BCUT2D eigenvalue weighted by Crippen LogP contribution is -2.28. The number of ether oxygens (including phenoxy) is 3. The van der Waals surface area contributed by atoms with Gasteiger partial charge in [0.2, 0.25) is 0 Å². The Morgan fingerprint density at radius 2 is 0.900 bits per heavy atom. The molecule has 60 heavy (non-hydrogen) atoms. The van der Waals surface area contributed by atoms with Crippen LogP contribution < -0.4 is 0 Å². The Morgan fingerprint density at radius 1 is 0.483 bits per heavy atom. The zero-order valence-corrected chi connectivity index (χ0v) is 41.2. The molecular weight excluding hydrogens is 749 g/mol. The van der Waals surface area contributed by atoms with Gasteiger partial charge in [-0.15, -0.1) is 0 Å². The first-order chi connectivity index (χ1) is 28.8. The Labute approximate surface area is 372 Å². The molecule has 0 aliphatic carbocycles. The SMILES string of the molecule is CC(C)CCC(COC(=O)CCCCCCCCCC(CCCCCCCCCC(=O)OCC(CCC(C)C)C(C)C)OC(=O)CCN(C)CCCN1CCCC1)C(C)C. The van der Waals surface area contributed by atoms with Gasteiger partial charge in [-0.1, -0.05) is 132 Å². The van der Waals surface area contributed by atoms with Crippen molar-refractivity contribution in [3.8, 4) is 0 Å². The lowest BCUT2D eigenvalue weighted by molar-refractivity contribution is -0.150. The van der Waals surface area contributed by atoms with Gasteiger partial charge < -0.3 is 24.0 Å². The van der Waals surface area contributed by atoms with Crippen molar-refractivity contribution in [2.24, 2.45) is 35.5 Å². The van der Waals surface area contributed by atoms with Gasteiger partial charge in [-0.2, -0.15) is 0 Å². The summed E-state index contributed by atoms with van der Waals surface area (Å²) in [6, 6.07) is 0. The summed E-state index contributed by atoms with van der Waals surface area (Å²) in [5, 5.41) is 0. The summed E-state index contributed by atoms with van der Waals surface area (Å²) < 4.78 is 17.5. The molecule has 2 unspecified atom stereocenters. The first-order valence-corrected chi connectivity index (χ1v) is 25.7. The molecule has 1 fully saturated rings. The van der Waals surface area contributed by atoms with Crippen LogP contribution in [-0.2, 0) is 28.6 Å². The van der Waals surface area contributed by atoms with Crippen molar-refractivity contribution < 1.29 is 28.6 Å². The molecular formula is C52H100N2O6. The smallest absolute Gasteiger partial charge is 0.307 e. The topological polar surface area (TPSA) is 85.4 Å². The fourth-order valence-electron chi connectivity index (χ4n) is 8.38. The van der Waals surface area contributed by atoms with Crippen LogP contribution >= 0.6 is 0 Å². The van der Waals surface area contributed by atoms with Crippen molar-refractivity contribution in [1.82, 2.24) is 9.80 Å². The second-order valence-corrected chi connectivity index (χ2v) is 20.4. The number of hydrogen-bond acceptors (Lipinski definition) is 8. The summed E-state index contributed by atoms with van der Waals surface area (Å²) >= 11 is 0. The van der Waals surface area contributed by atoms with E-state index in [0.717, 1.165) is 116 Å². The number of likely N-dealkylation sites (tertiary alicyclic amines) is 1. The molecule has 2 atom stereocenters. The highest BCUT2D eigenvalue weighted by molar-refractivity contribution is 5.70. The van der Waals surface area contributed by atoms with Gasteiger partial charge in [0.25, 0.3) is 0 Å². The van der Waals surface area contributed by atoms with Crippen LogP contribution in [0.5, 0.6) is 0 Å². The Hall–Kier alpha value is -1.67. The van der Waals surface area contributed by atoms with E-state index in [2.05, 4.69) is 72.2 Å². The van der Waals surface area contributed by atoms with Crippen LogP contribution in [0.4, 0.5) is 0 Å². The van der Waals surface area contributed by atoms with E-state index in [9.17, 15) is 14.4 Å². The van der Waals surface area contributed by atoms with Crippen molar-refractivity contribution in [2.75, 3.05) is 53.0 Å². The van der Waals surface area contributed by atoms with E-state index < -0.39 is 0 Å². The van der Waals surface area contributed by atoms with Crippen molar-refractivity contribution in [1.29, 1.82) is 0 Å². The van der Waals surface area contributed by atoms with Gasteiger partial charge in [-0.25, -0.2) is 0 Å². The first-order valence-electron chi connectivity index (χ1n) is 25.7. The molecule has 1 heterocycles. The van der Waals surface area contributed by atoms with Gasteiger partial charge in [0, 0.05) is 19.4 Å². The number of rotatable bonds is 40. The highest BCUT2D eigenvalue weighted by Gasteiger charge is 2.19. The first kappa shape index (κ1) is 56.3. The number of esters is 3. The van der Waals surface area contributed by atoms with Gasteiger partial charge in [0.05, 0.1) is 19.6 Å². The van der Waals surface area contributed by atoms with E-state index in [1.54, 1.807) is 0 Å². The third kappa shape index (κ3) is 33.0. The monoisotopic (exact) mass is 849 g/mol. The normalized spacial score (nSPS) is 15.1. The predicted molar refractivity (Wildman–Crippen MR) is 252 cm³/mol. The summed E-state index contributed by atoms with van der Waals surface area (Å²) in [6.07, 6.45) is 27.4. The van der Waals surface area contributed by atoms with E-state index in [1.165, 1.54) is 64.5 Å². The minimum atomic E-state index is -0.0472. The molecule has 0 bridgehead atoms. The molecule has 0 saturated carbocycles. The largest absolute Gasteiger partial charge is 0.465 e. The molecule has 0 aromatic carbocycles. The highest BCUT2D eigenvalue weighted by Crippen LogP contribution is 2.23. The second-order valence-electron chi connectivity index (χ2n) is 20.4. The maximum Gasteiger partial charge on any atom is 0.307 e. The summed E-state index contributed by atoms with van der Waals surface area (Å²) in [5.41, 5.74) is 0. The Balaban J connectivity index is 2.32. The van der Waals surface area contributed by atoms with Crippen molar-refractivity contribution in [2.45, 2.75) is 228 Å². The summed E-state index contributed by atoms with van der Waals surface area (Å²) in [5.74, 6) is 3.24. The number of carbonyl (C=O) groups excluding carboxylic acids is 3. The maximum absolute atomic E-state index is 13.0. The van der Waals surface area contributed by atoms with Crippen LogP contribution in [-0.4, -0.2) is 86.8 Å². The summed E-state index contributed by atoms with van der Waals surface area (Å²) in [4.78, 5) is 42.6. The van der Waals surface area contributed by atoms with Crippen LogP contribution in [0, 0.1) is 35.5 Å². The van der Waals surface area contributed by atoms with Gasteiger partial charge in [-0.05, 0) is 139 Å². The minimum Gasteiger partial charge on any atom is -0.465 e. The van der Waals surface area contributed by atoms with Gasteiger partial charge in [0.1, 0.15) is 6.10 Å². The fraction of sp³-hybridized carbons (Fsp3) is 0.942. The summed E-state index contributed by atoms with van der Waals surface area (Å²) in [7, 11) is 2.13. The van der Waals surface area contributed by atoms with Crippen LogP contribution in [0.25, 0.3) is 0 Å². The molecule has 1 aliphatic heterocycles. The second kappa shape index (κ2) is 36.8. The lowest BCUT2D eigenvalue weighted by atomic mass is 9.89. The molecule has 0 radical (unpaired) electrons. The van der Waals surface area contributed by atoms with Crippen molar-refractivity contribution in [3.05, 3.63) is 0 Å². The number of carbonyl (C=O) groups is 3. The van der Waals surface area contributed by atoms with Crippen LogP contribution in [0.2, 0.25) is 0 Å². The Kier molecular flexibility index (Phi) is 34.5. The van der Waals surface area contributed by atoms with Gasteiger partial charge >= 0.3 is 17.9 Å². The highest BCUT2D eigenvalue weighted by atomic mass is 16.5. The van der Waals surface area contributed by atoms with Gasteiger partial charge in [-0.3, -0.25) is 14.4 Å². The third-order valence-electron chi connectivity index (χ3n) is 13.1. The van der Waals surface area contributed by atoms with E-state index in [1.807, 2.05) is 0 Å². The zero-order valence-electron chi connectivity index (χ0n) is 41.2. The number of unbranched alkanes of at least 4 members (excludes halogenated alkanes) is 12. The third-order valence-corrected chi connectivity index (χ3v) is 13.1. The van der Waals surface area contributed by atoms with E-state index in [0.29, 0.717) is 68.0 Å². The number of nitrogens with zero attached hydrogens (tertiary/aromatic N) is 2. The standard InChI is InChI=1S/C52H100N2O6/c1-43(2)31-33-47(45(5)6)41-58-50(55)29-22-18-14-10-12-16-20-27-49(60-52(57)35-40-53(9)36-26-39-54-37-24-25-38-54)28-21-17-13-11-15-19-23-30-51(56)59-42-48(46(7)8)34-32-44(3)4/h43-49H,10-42H2,1-9H3. The molecule has 1 aliphatic rings. The Bertz CT molecular complexity index is 984. The maximum atomic E-state index is 13.0. The van der Waals surface area contributed by atoms with Crippen LogP contribution in [0.1, 0.15) is 222 Å². The van der Waals surface area contributed by atoms with Crippen LogP contribution in [0.3, 0.4) is 0 Å². The molecule has 0 spiro atoms. The molecule has 1 saturated heterocycles. The molecule has 0 aromatic rings. The van der Waals surface area contributed by atoms with Crippen molar-refractivity contribution in [3.63, 3.8) is 0 Å². The molecule has 8 nitrogen and oxygen atoms in total. The number of hydrogen-bond donors (Lipinski definition) is 0. The van der Waals surface area contributed by atoms with E-state index >= 15 is 0 Å². The zero-order chi connectivity index (χ0) is 44.4. The molecule has 1 rings (SSSR count). The Morgan fingerprint density at radius 3 is 1.32 bits per heavy atom. The molecule has 0 aromatic heterocycles. The predicted octanol–water partition coefficient (Wildman–Crippen LogP) is 13.2.